The molecule has 1 spiro atoms. The summed E-state index contributed by atoms with van der Waals surface area (Å²) in [5, 5.41) is 13.8. The number of anilines is 1. The van der Waals surface area contributed by atoms with Crippen LogP contribution in [0.1, 0.15) is 18.4 Å². The van der Waals surface area contributed by atoms with Gasteiger partial charge >= 0.3 is 0 Å². The van der Waals surface area contributed by atoms with Crippen molar-refractivity contribution in [1.82, 2.24) is 0 Å². The summed E-state index contributed by atoms with van der Waals surface area (Å²) in [5.74, 6) is 0.678. The second kappa shape index (κ2) is 7.35. The summed E-state index contributed by atoms with van der Waals surface area (Å²) in [5.41, 5.74) is 2.25. The van der Waals surface area contributed by atoms with Crippen LogP contribution in [0.25, 0.3) is 0 Å². The zero-order valence-electron chi connectivity index (χ0n) is 14.1. The molecule has 5 nitrogen and oxygen atoms in total. The average molecular weight is 389 g/mol. The van der Waals surface area contributed by atoms with Gasteiger partial charge in [0.15, 0.2) is 5.84 Å². The maximum atomic E-state index is 6.36. The summed E-state index contributed by atoms with van der Waals surface area (Å²) in [4.78, 5) is 4.76. The van der Waals surface area contributed by atoms with E-state index in [2.05, 4.69) is 15.5 Å². The number of halogens is 2. The molecular weight excluding hydrogens is 371 g/mol. The first-order chi connectivity index (χ1) is 12.7. The van der Waals surface area contributed by atoms with Gasteiger partial charge in [-0.05, 0) is 29.8 Å². The van der Waals surface area contributed by atoms with Gasteiger partial charge < -0.3 is 10.1 Å². The number of para-hydroxylation sites is 1. The fourth-order valence-corrected chi connectivity index (χ4v) is 3.68. The number of nitrogens with zero attached hydrogens (tertiary/aromatic N) is 3. The van der Waals surface area contributed by atoms with Gasteiger partial charge in [-0.3, -0.25) is 0 Å². The van der Waals surface area contributed by atoms with E-state index in [0.29, 0.717) is 35.6 Å². The fraction of sp³-hybridized carbons (Fsp3) is 0.316. The highest BCUT2D eigenvalue weighted by molar-refractivity contribution is 6.34. The van der Waals surface area contributed by atoms with E-state index in [9.17, 15) is 0 Å². The molecule has 0 radical (unpaired) electrons. The van der Waals surface area contributed by atoms with Crippen molar-refractivity contribution in [3.63, 3.8) is 0 Å². The monoisotopic (exact) mass is 388 g/mol. The molecule has 2 aliphatic heterocycles. The molecule has 2 aliphatic rings. The van der Waals surface area contributed by atoms with Crippen LogP contribution in [0.15, 0.2) is 57.7 Å². The van der Waals surface area contributed by atoms with E-state index in [-0.39, 0.29) is 0 Å². The third kappa shape index (κ3) is 3.47. The molecule has 2 aromatic carbocycles. The number of fused-ring (bicyclic) bond motifs is 1. The topological polar surface area (TPSA) is 58.3 Å². The number of nitrogens with one attached hydrogen (secondary N) is 1. The Morgan fingerprint density at radius 2 is 1.92 bits per heavy atom. The summed E-state index contributed by atoms with van der Waals surface area (Å²) < 4.78 is 5.54. The molecule has 1 N–H and O–H groups in total. The number of aliphatic imine (C=N–C) groups is 1. The van der Waals surface area contributed by atoms with Crippen LogP contribution in [0.5, 0.6) is 0 Å². The summed E-state index contributed by atoms with van der Waals surface area (Å²) in [6.45, 7) is 1.75. The van der Waals surface area contributed by atoms with Crippen molar-refractivity contribution in [2.75, 3.05) is 18.5 Å². The Hall–Kier alpha value is -1.95. The van der Waals surface area contributed by atoms with Gasteiger partial charge in [0.2, 0.25) is 0 Å². The van der Waals surface area contributed by atoms with E-state index < -0.39 is 5.54 Å². The van der Waals surface area contributed by atoms with Crippen molar-refractivity contribution < 1.29 is 4.74 Å². The Morgan fingerprint density at radius 1 is 1.12 bits per heavy atom. The van der Waals surface area contributed by atoms with Gasteiger partial charge in [-0.25, -0.2) is 4.99 Å². The minimum absolute atomic E-state index is 0.395. The lowest BCUT2D eigenvalue weighted by Gasteiger charge is -2.40. The van der Waals surface area contributed by atoms with Gasteiger partial charge in [0.25, 0.3) is 0 Å². The molecule has 0 unspecified atom stereocenters. The summed E-state index contributed by atoms with van der Waals surface area (Å²) in [6.07, 6.45) is 1.54. The standard InChI is InChI=1S/C19H18Cl2N4O/c20-14-4-1-3-13(11-14)12-22-25-18-19(7-9-26-10-8-19)24-17-15(21)5-2-6-16(17)23-18/h1-6,11,24H,7-10,12H2. The normalized spacial score (nSPS) is 18.5. The van der Waals surface area contributed by atoms with Crippen LogP contribution in [-0.4, -0.2) is 24.6 Å². The molecule has 0 aliphatic carbocycles. The van der Waals surface area contributed by atoms with Gasteiger partial charge in [-0.15, -0.1) is 5.11 Å². The van der Waals surface area contributed by atoms with E-state index >= 15 is 0 Å². The van der Waals surface area contributed by atoms with Gasteiger partial charge in [-0.2, -0.15) is 5.11 Å². The second-order valence-corrected chi connectivity index (χ2v) is 7.26. The lowest BCUT2D eigenvalue weighted by Crippen LogP contribution is -2.51. The van der Waals surface area contributed by atoms with Crippen molar-refractivity contribution in [3.8, 4) is 0 Å². The Morgan fingerprint density at radius 3 is 2.73 bits per heavy atom. The first-order valence-corrected chi connectivity index (χ1v) is 9.27. The molecule has 0 bridgehead atoms. The molecule has 4 rings (SSSR count). The van der Waals surface area contributed by atoms with E-state index in [0.717, 1.165) is 29.8 Å². The highest BCUT2D eigenvalue weighted by atomic mass is 35.5. The van der Waals surface area contributed by atoms with Crippen molar-refractivity contribution in [2.24, 2.45) is 15.2 Å². The van der Waals surface area contributed by atoms with Crippen molar-refractivity contribution >= 4 is 40.4 Å². The molecule has 0 saturated carbocycles. The summed E-state index contributed by atoms with van der Waals surface area (Å²) in [7, 11) is 0. The Bertz CT molecular complexity index is 876. The van der Waals surface area contributed by atoms with Gasteiger partial charge in [0.1, 0.15) is 5.54 Å². The number of azo groups is 1. The molecule has 1 saturated heterocycles. The van der Waals surface area contributed by atoms with Gasteiger partial charge in [-0.1, -0.05) is 41.4 Å². The van der Waals surface area contributed by atoms with Crippen LogP contribution in [-0.2, 0) is 11.3 Å². The van der Waals surface area contributed by atoms with Crippen LogP contribution < -0.4 is 5.32 Å². The number of benzene rings is 2. The Labute approximate surface area is 162 Å². The quantitative estimate of drug-likeness (QED) is 0.675. The van der Waals surface area contributed by atoms with Crippen molar-refractivity contribution in [2.45, 2.75) is 24.9 Å². The molecule has 1 fully saturated rings. The fourth-order valence-electron chi connectivity index (χ4n) is 3.25. The Balaban J connectivity index is 1.65. The third-order valence-corrected chi connectivity index (χ3v) is 5.21. The maximum absolute atomic E-state index is 6.36. The minimum Gasteiger partial charge on any atom is -0.381 e. The van der Waals surface area contributed by atoms with Crippen LogP contribution >= 0.6 is 23.2 Å². The van der Waals surface area contributed by atoms with Gasteiger partial charge in [0.05, 0.1) is 22.9 Å². The molecule has 0 atom stereocenters. The average Bonchev–Trinajstić information content (AvgIpc) is 2.64. The SMILES string of the molecule is Clc1cccc(CN=NC2=Nc3cccc(Cl)c3NC23CCOCC3)c1. The molecule has 7 heteroatoms. The Kier molecular flexibility index (Phi) is 4.94. The number of amidine groups is 1. The third-order valence-electron chi connectivity index (χ3n) is 4.66. The zero-order valence-corrected chi connectivity index (χ0v) is 15.6. The van der Waals surface area contributed by atoms with E-state index in [4.69, 9.17) is 32.9 Å². The predicted molar refractivity (Wildman–Crippen MR) is 105 cm³/mol. The van der Waals surface area contributed by atoms with E-state index in [1.807, 2.05) is 42.5 Å². The van der Waals surface area contributed by atoms with Crippen molar-refractivity contribution in [1.29, 1.82) is 0 Å². The summed E-state index contributed by atoms with van der Waals surface area (Å²) >= 11 is 12.4. The minimum atomic E-state index is -0.395. The van der Waals surface area contributed by atoms with E-state index in [1.54, 1.807) is 0 Å². The first kappa shape index (κ1) is 17.5. The smallest absolute Gasteiger partial charge is 0.176 e. The molecule has 2 heterocycles. The highest BCUT2D eigenvalue weighted by Crippen LogP contribution is 2.42. The molecule has 2 aromatic rings. The molecule has 134 valence electrons. The van der Waals surface area contributed by atoms with Crippen LogP contribution in [0.3, 0.4) is 0 Å². The van der Waals surface area contributed by atoms with Crippen LogP contribution in [0, 0.1) is 0 Å². The van der Waals surface area contributed by atoms with Crippen molar-refractivity contribution in [3.05, 3.63) is 58.1 Å². The first-order valence-electron chi connectivity index (χ1n) is 8.52. The molecule has 26 heavy (non-hydrogen) atoms. The zero-order chi connectivity index (χ0) is 18.0. The number of ether oxygens (including phenoxy) is 1. The van der Waals surface area contributed by atoms with Gasteiger partial charge in [0, 0.05) is 31.1 Å². The number of hydrogen-bond acceptors (Lipinski definition) is 5. The molecular formula is C19H18Cl2N4O. The number of hydrogen-bond donors (Lipinski definition) is 1. The summed E-state index contributed by atoms with van der Waals surface area (Å²) in [6, 6.07) is 13.3. The van der Waals surface area contributed by atoms with Crippen LogP contribution in [0.4, 0.5) is 11.4 Å². The number of rotatable bonds is 2. The molecule has 0 aromatic heterocycles. The largest absolute Gasteiger partial charge is 0.381 e. The lowest BCUT2D eigenvalue weighted by atomic mass is 9.87. The second-order valence-electron chi connectivity index (χ2n) is 6.42. The lowest BCUT2D eigenvalue weighted by molar-refractivity contribution is 0.0776. The predicted octanol–water partition coefficient (Wildman–Crippen LogP) is 5.65. The highest BCUT2D eigenvalue weighted by Gasteiger charge is 2.41. The van der Waals surface area contributed by atoms with E-state index in [1.165, 1.54) is 0 Å². The molecule has 0 amide bonds. The van der Waals surface area contributed by atoms with Crippen LogP contribution in [0.2, 0.25) is 10.0 Å². The maximum Gasteiger partial charge on any atom is 0.176 e.